The average Bonchev–Trinajstić information content (AvgIpc) is 3.23. The fraction of sp³-hybridized carbons (Fsp3) is 0.462. The van der Waals surface area contributed by atoms with Gasteiger partial charge in [0.15, 0.2) is 0 Å². The minimum Gasteiger partial charge on any atom is -0.497 e. The van der Waals surface area contributed by atoms with Crippen molar-refractivity contribution in [3.8, 4) is 5.75 Å². The number of carbonyl (C=O) groups excluding carboxylic acids is 1. The van der Waals surface area contributed by atoms with Crippen molar-refractivity contribution >= 4 is 16.9 Å². The fourth-order valence-corrected chi connectivity index (χ4v) is 5.20. The molecule has 0 unspecified atom stereocenters. The first-order chi connectivity index (χ1) is 15.7. The molecule has 0 atom stereocenters. The Hall–Kier alpha value is -2.86. The summed E-state index contributed by atoms with van der Waals surface area (Å²) >= 11 is 0. The second-order valence-electron chi connectivity index (χ2n) is 8.96. The summed E-state index contributed by atoms with van der Waals surface area (Å²) in [5.74, 6) is 2.22. The van der Waals surface area contributed by atoms with Crippen molar-refractivity contribution in [2.24, 2.45) is 5.92 Å². The van der Waals surface area contributed by atoms with Crippen molar-refractivity contribution in [2.45, 2.75) is 38.1 Å². The van der Waals surface area contributed by atoms with Gasteiger partial charge >= 0.3 is 0 Å². The zero-order valence-corrected chi connectivity index (χ0v) is 18.7. The summed E-state index contributed by atoms with van der Waals surface area (Å²) in [6.45, 7) is 3.44. The van der Waals surface area contributed by atoms with E-state index in [1.807, 2.05) is 17.2 Å². The van der Waals surface area contributed by atoms with Crippen LogP contribution < -0.4 is 4.74 Å². The predicted molar refractivity (Wildman–Crippen MR) is 124 cm³/mol. The molecule has 2 aliphatic rings. The van der Waals surface area contributed by atoms with E-state index in [1.165, 1.54) is 31.2 Å². The molecular weight excluding hydrogens is 402 g/mol. The predicted octanol–water partition coefficient (Wildman–Crippen LogP) is 4.49. The van der Waals surface area contributed by atoms with Crippen molar-refractivity contribution in [1.29, 1.82) is 0 Å². The van der Waals surface area contributed by atoms with Gasteiger partial charge in [0.25, 0.3) is 5.91 Å². The van der Waals surface area contributed by atoms with Gasteiger partial charge in [-0.3, -0.25) is 9.78 Å². The molecule has 1 amide bonds. The lowest BCUT2D eigenvalue weighted by atomic mass is 9.78. The van der Waals surface area contributed by atoms with Crippen molar-refractivity contribution in [1.82, 2.24) is 14.5 Å². The summed E-state index contributed by atoms with van der Waals surface area (Å²) in [4.78, 5) is 19.6. The van der Waals surface area contributed by atoms with E-state index in [4.69, 9.17) is 9.47 Å². The third-order valence-electron chi connectivity index (χ3n) is 7.05. The molecule has 3 heterocycles. The van der Waals surface area contributed by atoms with E-state index in [-0.39, 0.29) is 5.91 Å². The highest BCUT2D eigenvalue weighted by atomic mass is 16.5. The third kappa shape index (κ3) is 4.24. The maximum atomic E-state index is 13.2. The first-order valence-electron chi connectivity index (χ1n) is 11.7. The van der Waals surface area contributed by atoms with E-state index >= 15 is 0 Å². The lowest BCUT2D eigenvalue weighted by molar-refractivity contribution is 0.0304. The molecule has 1 aliphatic heterocycles. The van der Waals surface area contributed by atoms with E-state index < -0.39 is 0 Å². The van der Waals surface area contributed by atoms with Crippen LogP contribution in [0.4, 0.5) is 0 Å². The number of pyridine rings is 1. The first kappa shape index (κ1) is 21.0. The minimum atomic E-state index is 0.0685. The molecule has 6 nitrogen and oxygen atoms in total. The molecule has 0 spiro atoms. The van der Waals surface area contributed by atoms with Gasteiger partial charge in [-0.2, -0.15) is 0 Å². The second kappa shape index (κ2) is 9.33. The zero-order valence-electron chi connectivity index (χ0n) is 18.7. The fourth-order valence-electron chi connectivity index (χ4n) is 5.20. The van der Waals surface area contributed by atoms with Crippen LogP contribution in [0.25, 0.3) is 11.0 Å². The van der Waals surface area contributed by atoms with Gasteiger partial charge < -0.3 is 18.9 Å². The van der Waals surface area contributed by atoms with E-state index in [0.29, 0.717) is 38.1 Å². The lowest BCUT2D eigenvalue weighted by Crippen LogP contribution is -2.40. The van der Waals surface area contributed by atoms with E-state index in [9.17, 15) is 4.79 Å². The summed E-state index contributed by atoms with van der Waals surface area (Å²) in [5, 5.41) is 0. The number of fused-ring (bicyclic) bond motifs is 1. The summed E-state index contributed by atoms with van der Waals surface area (Å²) in [7, 11) is 1.71. The Morgan fingerprint density at radius 1 is 1.09 bits per heavy atom. The smallest absolute Gasteiger partial charge is 0.257 e. The monoisotopic (exact) mass is 433 g/mol. The highest BCUT2D eigenvalue weighted by Crippen LogP contribution is 2.37. The molecular formula is C26H31N3O3. The molecule has 2 aromatic heterocycles. The van der Waals surface area contributed by atoms with Crippen molar-refractivity contribution in [3.05, 3.63) is 59.9 Å². The van der Waals surface area contributed by atoms with Gasteiger partial charge in [-0.25, -0.2) is 0 Å². The number of hydrogen-bond donors (Lipinski definition) is 0. The van der Waals surface area contributed by atoms with Crippen LogP contribution in [0.15, 0.2) is 48.8 Å². The van der Waals surface area contributed by atoms with Crippen LogP contribution in [0.3, 0.4) is 0 Å². The Kier molecular flexibility index (Phi) is 6.12. The Morgan fingerprint density at radius 2 is 1.84 bits per heavy atom. The van der Waals surface area contributed by atoms with Gasteiger partial charge in [0, 0.05) is 32.0 Å². The van der Waals surface area contributed by atoms with Crippen LogP contribution >= 0.6 is 0 Å². The van der Waals surface area contributed by atoms with Crippen LogP contribution in [0, 0.1) is 5.92 Å². The average molecular weight is 434 g/mol. The molecule has 32 heavy (non-hydrogen) atoms. The second-order valence-corrected chi connectivity index (χ2v) is 8.96. The van der Waals surface area contributed by atoms with E-state index in [1.54, 1.807) is 13.3 Å². The molecule has 0 N–H and O–H groups in total. The molecule has 0 radical (unpaired) electrons. The van der Waals surface area contributed by atoms with Gasteiger partial charge in [0.05, 0.1) is 31.4 Å². The van der Waals surface area contributed by atoms with Gasteiger partial charge in [0.1, 0.15) is 11.3 Å². The summed E-state index contributed by atoms with van der Waals surface area (Å²) in [6.07, 6.45) is 8.61. The molecule has 1 saturated carbocycles. The standard InChI is InChI=1S/C26H31N3O3/c1-31-22-10-8-21(9-11-22)20-6-4-19(5-7-20)17-29-18-23(25-24(29)3-2-12-27-25)26(30)28-13-15-32-16-14-28/h2-3,8-12,18-20H,4-7,13-17H2,1H3. The Balaban J connectivity index is 1.29. The lowest BCUT2D eigenvalue weighted by Gasteiger charge is -2.29. The molecule has 1 aromatic carbocycles. The number of rotatable bonds is 5. The zero-order chi connectivity index (χ0) is 21.9. The van der Waals surface area contributed by atoms with Crippen LogP contribution in [-0.2, 0) is 11.3 Å². The van der Waals surface area contributed by atoms with Crippen LogP contribution in [0.2, 0.25) is 0 Å². The van der Waals surface area contributed by atoms with E-state index in [0.717, 1.165) is 28.9 Å². The topological polar surface area (TPSA) is 56.6 Å². The Labute approximate surface area is 189 Å². The normalized spacial score (nSPS) is 21.6. The van der Waals surface area contributed by atoms with Gasteiger partial charge in [0.2, 0.25) is 0 Å². The highest BCUT2D eigenvalue weighted by Gasteiger charge is 2.26. The van der Waals surface area contributed by atoms with Crippen LogP contribution in [0.1, 0.15) is 47.5 Å². The highest BCUT2D eigenvalue weighted by molar-refractivity contribution is 6.05. The summed E-state index contributed by atoms with van der Waals surface area (Å²) in [6, 6.07) is 12.6. The van der Waals surface area contributed by atoms with Crippen molar-refractivity contribution in [2.75, 3.05) is 33.4 Å². The number of benzene rings is 1. The molecule has 0 bridgehead atoms. The minimum absolute atomic E-state index is 0.0685. The Bertz CT molecular complexity index is 1060. The molecule has 168 valence electrons. The summed E-state index contributed by atoms with van der Waals surface area (Å²) < 4.78 is 13.0. The van der Waals surface area contributed by atoms with E-state index in [2.05, 4.69) is 39.9 Å². The first-order valence-corrected chi connectivity index (χ1v) is 11.7. The number of nitrogens with zero attached hydrogens (tertiary/aromatic N) is 3. The molecule has 1 aliphatic carbocycles. The van der Waals surface area contributed by atoms with Gasteiger partial charge in [-0.1, -0.05) is 12.1 Å². The van der Waals surface area contributed by atoms with Crippen LogP contribution in [0.5, 0.6) is 5.75 Å². The number of aromatic nitrogens is 2. The quantitative estimate of drug-likeness (QED) is 0.595. The molecule has 1 saturated heterocycles. The largest absolute Gasteiger partial charge is 0.497 e. The summed E-state index contributed by atoms with van der Waals surface area (Å²) in [5.41, 5.74) is 4.00. The number of hydrogen-bond acceptors (Lipinski definition) is 4. The number of amides is 1. The third-order valence-corrected chi connectivity index (χ3v) is 7.05. The number of carbonyl (C=O) groups is 1. The maximum absolute atomic E-state index is 13.2. The van der Waals surface area contributed by atoms with Crippen molar-refractivity contribution in [3.63, 3.8) is 0 Å². The number of morpholine rings is 1. The molecule has 6 heteroatoms. The maximum Gasteiger partial charge on any atom is 0.257 e. The SMILES string of the molecule is COc1ccc(C2CCC(Cn3cc(C(=O)N4CCOCC4)c4ncccc43)CC2)cc1. The Morgan fingerprint density at radius 3 is 2.56 bits per heavy atom. The molecule has 2 fully saturated rings. The van der Waals surface area contributed by atoms with Crippen molar-refractivity contribution < 1.29 is 14.3 Å². The number of ether oxygens (including phenoxy) is 2. The van der Waals surface area contributed by atoms with Gasteiger partial charge in [-0.05, 0) is 67.3 Å². The number of methoxy groups -OCH3 is 1. The van der Waals surface area contributed by atoms with Crippen LogP contribution in [-0.4, -0.2) is 53.8 Å². The van der Waals surface area contributed by atoms with Gasteiger partial charge in [-0.15, -0.1) is 0 Å². The molecule has 3 aromatic rings. The molecule has 5 rings (SSSR count).